The van der Waals surface area contributed by atoms with Gasteiger partial charge in [-0.3, -0.25) is 9.89 Å². The number of amides is 1. The van der Waals surface area contributed by atoms with Crippen LogP contribution in [0.5, 0.6) is 0 Å². The molecule has 3 atom stereocenters. The number of aromatic amines is 1. The molecule has 1 aromatic carbocycles. The van der Waals surface area contributed by atoms with Crippen LogP contribution < -0.4 is 0 Å². The molecular weight excluding hydrogens is 420 g/mol. The van der Waals surface area contributed by atoms with Gasteiger partial charge in [0.1, 0.15) is 6.07 Å². The first-order valence-electron chi connectivity index (χ1n) is 8.99. The van der Waals surface area contributed by atoms with E-state index in [-0.39, 0.29) is 17.7 Å². The summed E-state index contributed by atoms with van der Waals surface area (Å²) in [5, 5.41) is 26.5. The number of nitrogens with zero attached hydrogens (tertiary/aromatic N) is 5. The maximum atomic E-state index is 12.3. The van der Waals surface area contributed by atoms with Crippen molar-refractivity contribution in [3.63, 3.8) is 0 Å². The van der Waals surface area contributed by atoms with Crippen LogP contribution in [0.1, 0.15) is 35.4 Å². The molecule has 3 heterocycles. The van der Waals surface area contributed by atoms with Gasteiger partial charge in [0.2, 0.25) is 5.91 Å². The Hall–Kier alpha value is -2.97. The van der Waals surface area contributed by atoms with E-state index in [9.17, 15) is 15.3 Å². The number of aliphatic imine (C=N–C) groups is 1. The number of piperidine rings is 1. The van der Waals surface area contributed by atoms with Gasteiger partial charge in [-0.15, -0.1) is 0 Å². The number of likely N-dealkylation sites (tertiary alicyclic amines) is 1. The van der Waals surface area contributed by atoms with Crippen molar-refractivity contribution in [3.8, 4) is 12.1 Å². The first-order chi connectivity index (χ1) is 13.5. The SMILES string of the molecule is CN1CCC(C2=Nc3[nH]ncc3C(c3cccc(C#N)c3Br)C2C#N)CC1=O. The number of H-pyrrole nitrogens is 1. The zero-order chi connectivity index (χ0) is 19.8. The molecular formula is C20H17BrN6O. The zero-order valence-electron chi connectivity index (χ0n) is 15.2. The summed E-state index contributed by atoms with van der Waals surface area (Å²) in [6.45, 7) is 0.648. The molecule has 2 aliphatic heterocycles. The van der Waals surface area contributed by atoms with Gasteiger partial charge in [-0.1, -0.05) is 12.1 Å². The van der Waals surface area contributed by atoms with E-state index in [0.29, 0.717) is 28.8 Å². The number of fused-ring (bicyclic) bond motifs is 1. The molecule has 1 amide bonds. The molecule has 0 aliphatic carbocycles. The Morgan fingerprint density at radius 1 is 1.32 bits per heavy atom. The van der Waals surface area contributed by atoms with Crippen LogP contribution in [0.3, 0.4) is 0 Å². The average molecular weight is 437 g/mol. The highest BCUT2D eigenvalue weighted by Gasteiger charge is 2.41. The molecule has 0 saturated carbocycles. The van der Waals surface area contributed by atoms with E-state index in [2.05, 4.69) is 38.3 Å². The van der Waals surface area contributed by atoms with E-state index >= 15 is 0 Å². The van der Waals surface area contributed by atoms with Crippen LogP contribution in [0.2, 0.25) is 0 Å². The lowest BCUT2D eigenvalue weighted by atomic mass is 9.73. The molecule has 0 bridgehead atoms. The monoisotopic (exact) mass is 436 g/mol. The number of carbonyl (C=O) groups excluding carboxylic acids is 1. The van der Waals surface area contributed by atoms with Gasteiger partial charge in [-0.2, -0.15) is 15.6 Å². The molecule has 1 saturated heterocycles. The lowest BCUT2D eigenvalue weighted by Crippen LogP contribution is -2.41. The highest BCUT2D eigenvalue weighted by Crippen LogP contribution is 2.46. The van der Waals surface area contributed by atoms with Crippen LogP contribution in [0.15, 0.2) is 33.9 Å². The van der Waals surface area contributed by atoms with Gasteiger partial charge < -0.3 is 4.90 Å². The average Bonchev–Trinajstić information content (AvgIpc) is 3.17. The lowest BCUT2D eigenvalue weighted by molar-refractivity contribution is -0.132. The largest absolute Gasteiger partial charge is 0.346 e. The van der Waals surface area contributed by atoms with Crippen LogP contribution in [0.4, 0.5) is 5.82 Å². The topological polar surface area (TPSA) is 109 Å². The van der Waals surface area contributed by atoms with E-state index < -0.39 is 5.92 Å². The molecule has 28 heavy (non-hydrogen) atoms. The minimum absolute atomic E-state index is 0.0651. The Morgan fingerprint density at radius 3 is 2.86 bits per heavy atom. The van der Waals surface area contributed by atoms with Crippen molar-refractivity contribution < 1.29 is 4.79 Å². The van der Waals surface area contributed by atoms with Crippen molar-refractivity contribution in [1.29, 1.82) is 10.5 Å². The van der Waals surface area contributed by atoms with Crippen LogP contribution in [-0.2, 0) is 4.79 Å². The van der Waals surface area contributed by atoms with Gasteiger partial charge in [-0.05, 0) is 34.0 Å². The summed E-state index contributed by atoms with van der Waals surface area (Å²) in [7, 11) is 1.79. The number of aromatic nitrogens is 2. The fourth-order valence-corrected chi connectivity index (χ4v) is 4.66. The lowest BCUT2D eigenvalue weighted by Gasteiger charge is -2.35. The predicted molar refractivity (Wildman–Crippen MR) is 106 cm³/mol. The van der Waals surface area contributed by atoms with Crippen LogP contribution in [-0.4, -0.2) is 40.3 Å². The van der Waals surface area contributed by atoms with Crippen molar-refractivity contribution in [2.24, 2.45) is 16.8 Å². The number of hydrogen-bond acceptors (Lipinski definition) is 5. The Kier molecular flexibility index (Phi) is 4.74. The minimum Gasteiger partial charge on any atom is -0.346 e. The predicted octanol–water partition coefficient (Wildman–Crippen LogP) is 3.27. The number of nitriles is 2. The summed E-state index contributed by atoms with van der Waals surface area (Å²) in [4.78, 5) is 18.7. The van der Waals surface area contributed by atoms with E-state index in [0.717, 1.165) is 23.3 Å². The zero-order valence-corrected chi connectivity index (χ0v) is 16.8. The van der Waals surface area contributed by atoms with Crippen molar-refractivity contribution >= 4 is 33.4 Å². The summed E-state index contributed by atoms with van der Waals surface area (Å²) < 4.78 is 0.676. The van der Waals surface area contributed by atoms with Gasteiger partial charge >= 0.3 is 0 Å². The first-order valence-corrected chi connectivity index (χ1v) is 9.78. The third-order valence-electron chi connectivity index (χ3n) is 5.58. The van der Waals surface area contributed by atoms with Crippen LogP contribution >= 0.6 is 15.9 Å². The molecule has 0 spiro atoms. The highest BCUT2D eigenvalue weighted by atomic mass is 79.9. The van der Waals surface area contributed by atoms with Crippen molar-refractivity contribution in [2.75, 3.05) is 13.6 Å². The van der Waals surface area contributed by atoms with Crippen molar-refractivity contribution in [2.45, 2.75) is 18.8 Å². The van der Waals surface area contributed by atoms with Crippen molar-refractivity contribution in [1.82, 2.24) is 15.1 Å². The number of hydrogen-bond donors (Lipinski definition) is 1. The van der Waals surface area contributed by atoms with Crippen LogP contribution in [0.25, 0.3) is 0 Å². The van der Waals surface area contributed by atoms with Gasteiger partial charge in [-0.25, -0.2) is 4.99 Å². The number of nitrogens with one attached hydrogen (secondary N) is 1. The third kappa shape index (κ3) is 2.90. The summed E-state index contributed by atoms with van der Waals surface area (Å²) in [6, 6.07) is 10.1. The smallest absolute Gasteiger partial charge is 0.222 e. The van der Waals surface area contributed by atoms with E-state index in [1.165, 1.54) is 0 Å². The molecule has 1 aromatic heterocycles. The Labute approximate surface area is 170 Å². The number of halogens is 1. The van der Waals surface area contributed by atoms with E-state index in [1.807, 2.05) is 12.1 Å². The normalized spacial score (nSPS) is 24.1. The molecule has 1 N–H and O–H groups in total. The van der Waals surface area contributed by atoms with Gasteiger partial charge in [0.05, 0.1) is 23.7 Å². The van der Waals surface area contributed by atoms with Crippen LogP contribution in [0, 0.1) is 34.5 Å². The van der Waals surface area contributed by atoms with Gasteiger partial charge in [0.25, 0.3) is 0 Å². The third-order valence-corrected chi connectivity index (χ3v) is 6.46. The molecule has 1 fully saturated rings. The van der Waals surface area contributed by atoms with E-state index in [1.54, 1.807) is 24.2 Å². The molecule has 4 rings (SSSR count). The molecule has 3 unspecified atom stereocenters. The minimum atomic E-state index is -0.531. The summed E-state index contributed by atoms with van der Waals surface area (Å²) in [5.41, 5.74) is 2.91. The molecule has 0 radical (unpaired) electrons. The molecule has 2 aliphatic rings. The molecule has 7 nitrogen and oxygen atoms in total. The Morgan fingerprint density at radius 2 is 2.14 bits per heavy atom. The number of rotatable bonds is 2. The van der Waals surface area contributed by atoms with Crippen molar-refractivity contribution in [3.05, 3.63) is 45.6 Å². The molecule has 140 valence electrons. The maximum absolute atomic E-state index is 12.3. The second-order valence-electron chi connectivity index (χ2n) is 7.12. The Bertz CT molecular complexity index is 1060. The number of benzene rings is 1. The van der Waals surface area contributed by atoms with Gasteiger partial charge in [0, 0.05) is 47.6 Å². The first kappa shape index (κ1) is 18.4. The summed E-state index contributed by atoms with van der Waals surface area (Å²) >= 11 is 3.54. The van der Waals surface area contributed by atoms with E-state index in [4.69, 9.17) is 4.99 Å². The number of carbonyl (C=O) groups is 1. The fourth-order valence-electron chi connectivity index (χ4n) is 4.06. The summed E-state index contributed by atoms with van der Waals surface area (Å²) in [5.74, 6) is -0.243. The highest BCUT2D eigenvalue weighted by molar-refractivity contribution is 9.10. The Balaban J connectivity index is 1.83. The molecule has 2 aromatic rings. The second-order valence-corrected chi connectivity index (χ2v) is 7.91. The second kappa shape index (κ2) is 7.21. The quantitative estimate of drug-likeness (QED) is 0.778. The standard InChI is InChI=1S/C20H17BrN6O/c1-27-6-5-11(7-16(27)28)19-14(9-23)17(15-10-24-26-20(15)25-19)13-4-2-3-12(8-22)18(13)21/h2-4,10-11,14,17H,5-7H2,1H3,(H,24,26). The maximum Gasteiger partial charge on any atom is 0.222 e. The summed E-state index contributed by atoms with van der Waals surface area (Å²) in [6.07, 6.45) is 2.81. The fraction of sp³-hybridized carbons (Fsp3) is 0.350. The molecule has 8 heteroatoms. The van der Waals surface area contributed by atoms with Gasteiger partial charge in [0.15, 0.2) is 5.82 Å².